The number of non-ortho nitro benzene ring substituents is 1. The Morgan fingerprint density at radius 1 is 1.15 bits per heavy atom. The van der Waals surface area contributed by atoms with Gasteiger partial charge in [-0.25, -0.2) is 9.59 Å². The molecule has 0 bridgehead atoms. The molecule has 1 heterocycles. The second kappa shape index (κ2) is 9.85. The molecule has 0 saturated heterocycles. The molecule has 2 rings (SSSR count). The van der Waals surface area contributed by atoms with Crippen LogP contribution in [0.5, 0.6) is 0 Å². The summed E-state index contributed by atoms with van der Waals surface area (Å²) in [5, 5.41) is 16.9. The second-order valence-electron chi connectivity index (χ2n) is 8.71. The number of carbonyl (C=O) groups excluding carboxylic acids is 3. The number of ether oxygens (including phenoxy) is 2. The van der Waals surface area contributed by atoms with E-state index in [-0.39, 0.29) is 16.8 Å². The van der Waals surface area contributed by atoms with Crippen molar-refractivity contribution in [2.45, 2.75) is 59.1 Å². The van der Waals surface area contributed by atoms with Gasteiger partial charge in [-0.05, 0) is 47.1 Å². The van der Waals surface area contributed by atoms with Gasteiger partial charge in [0, 0.05) is 29.1 Å². The van der Waals surface area contributed by atoms with Crippen LogP contribution in [0.2, 0.25) is 0 Å². The van der Waals surface area contributed by atoms with Crippen molar-refractivity contribution in [1.82, 2.24) is 10.6 Å². The number of hydrogen-bond acceptors (Lipinski definition) is 8. The number of allylic oxidation sites excluding steroid dienone is 2. The Hall–Kier alpha value is -3.69. The lowest BCUT2D eigenvalue weighted by molar-refractivity contribution is -0.384. The van der Waals surface area contributed by atoms with Gasteiger partial charge in [-0.3, -0.25) is 14.9 Å². The van der Waals surface area contributed by atoms with E-state index in [1.165, 1.54) is 32.2 Å². The Balaban J connectivity index is 2.54. The zero-order valence-electron chi connectivity index (χ0n) is 19.8. The summed E-state index contributed by atoms with van der Waals surface area (Å²) in [4.78, 5) is 49.1. The highest BCUT2D eigenvalue weighted by Crippen LogP contribution is 2.39. The third-order valence-electron chi connectivity index (χ3n) is 4.93. The summed E-state index contributed by atoms with van der Waals surface area (Å²) in [6.45, 7) is 9.93. The average Bonchev–Trinajstić information content (AvgIpc) is 2.71. The van der Waals surface area contributed by atoms with Crippen LogP contribution >= 0.6 is 0 Å². The number of carbonyl (C=O) groups is 3. The molecule has 33 heavy (non-hydrogen) atoms. The Bertz CT molecular complexity index is 1050. The van der Waals surface area contributed by atoms with Crippen molar-refractivity contribution in [3.8, 4) is 0 Å². The molecule has 0 spiro atoms. The molecule has 0 aromatic heterocycles. The maximum atomic E-state index is 13.3. The van der Waals surface area contributed by atoms with Crippen molar-refractivity contribution in [1.29, 1.82) is 0 Å². The van der Waals surface area contributed by atoms with Gasteiger partial charge >= 0.3 is 11.9 Å². The molecule has 0 unspecified atom stereocenters. The number of nitrogens with zero attached hydrogens (tertiary/aromatic N) is 1. The van der Waals surface area contributed by atoms with Crippen LogP contribution in [0.25, 0.3) is 0 Å². The van der Waals surface area contributed by atoms with Gasteiger partial charge in [-0.1, -0.05) is 12.1 Å². The second-order valence-corrected chi connectivity index (χ2v) is 8.71. The molecule has 1 aliphatic heterocycles. The van der Waals surface area contributed by atoms with E-state index >= 15 is 0 Å². The van der Waals surface area contributed by atoms with E-state index < -0.39 is 40.3 Å². The van der Waals surface area contributed by atoms with Crippen molar-refractivity contribution in [2.24, 2.45) is 0 Å². The summed E-state index contributed by atoms with van der Waals surface area (Å²) in [6.07, 6.45) is 0. The zero-order chi connectivity index (χ0) is 25.1. The standard InChI is InChI=1S/C23H29N3O7/c1-12-17(20(27)25-14(3)21(28)33-23(4,5)6)19(18(13(2)24-12)22(29)32-7)15-9-8-10-16(11-15)26(30)31/h8-11,14,19,24H,1-7H3,(H,25,27)/t14-,19+/m0/s1. The van der Waals surface area contributed by atoms with Crippen molar-refractivity contribution >= 4 is 23.5 Å². The van der Waals surface area contributed by atoms with Gasteiger partial charge < -0.3 is 20.1 Å². The van der Waals surface area contributed by atoms with Crippen LogP contribution in [0.15, 0.2) is 46.8 Å². The summed E-state index contributed by atoms with van der Waals surface area (Å²) in [5.41, 5.74) is 0.599. The molecule has 1 aromatic carbocycles. The first-order chi connectivity index (χ1) is 15.3. The molecular weight excluding hydrogens is 430 g/mol. The highest BCUT2D eigenvalue weighted by molar-refractivity contribution is 6.03. The van der Waals surface area contributed by atoms with Gasteiger partial charge in [0.15, 0.2) is 0 Å². The van der Waals surface area contributed by atoms with Crippen LogP contribution in [-0.4, -0.2) is 41.5 Å². The molecule has 1 aromatic rings. The Kier molecular flexibility index (Phi) is 7.63. The fraction of sp³-hybridized carbons (Fsp3) is 0.435. The van der Waals surface area contributed by atoms with Crippen molar-refractivity contribution < 1.29 is 28.8 Å². The third kappa shape index (κ3) is 5.97. The molecule has 2 N–H and O–H groups in total. The predicted molar refractivity (Wildman–Crippen MR) is 120 cm³/mol. The number of methoxy groups -OCH3 is 1. The quantitative estimate of drug-likeness (QED) is 0.376. The maximum absolute atomic E-state index is 13.3. The summed E-state index contributed by atoms with van der Waals surface area (Å²) >= 11 is 0. The lowest BCUT2D eigenvalue weighted by atomic mass is 9.80. The number of nitrogens with one attached hydrogen (secondary N) is 2. The van der Waals surface area contributed by atoms with Crippen molar-refractivity contribution in [3.05, 3.63) is 62.5 Å². The van der Waals surface area contributed by atoms with Crippen LogP contribution in [0, 0.1) is 10.1 Å². The van der Waals surface area contributed by atoms with E-state index in [0.717, 1.165) is 0 Å². The van der Waals surface area contributed by atoms with Gasteiger partial charge in [0.2, 0.25) is 0 Å². The summed E-state index contributed by atoms with van der Waals surface area (Å²) in [7, 11) is 1.21. The van der Waals surface area contributed by atoms with Crippen LogP contribution in [0.3, 0.4) is 0 Å². The summed E-state index contributed by atoms with van der Waals surface area (Å²) in [5.74, 6) is -2.88. The maximum Gasteiger partial charge on any atom is 0.336 e. The third-order valence-corrected chi connectivity index (χ3v) is 4.93. The number of hydrogen-bond donors (Lipinski definition) is 2. The van der Waals surface area contributed by atoms with E-state index in [1.807, 2.05) is 0 Å². The van der Waals surface area contributed by atoms with Gasteiger partial charge in [-0.15, -0.1) is 0 Å². The lowest BCUT2D eigenvalue weighted by Crippen LogP contribution is -2.45. The largest absolute Gasteiger partial charge is 0.466 e. The van der Waals surface area contributed by atoms with Gasteiger partial charge in [0.1, 0.15) is 11.6 Å². The normalized spacial score (nSPS) is 17.1. The molecule has 1 aliphatic rings. The zero-order valence-corrected chi connectivity index (χ0v) is 19.8. The van der Waals surface area contributed by atoms with Crippen LogP contribution in [-0.2, 0) is 23.9 Å². The monoisotopic (exact) mass is 459 g/mol. The lowest BCUT2D eigenvalue weighted by Gasteiger charge is -2.31. The van der Waals surface area contributed by atoms with E-state index in [2.05, 4.69) is 10.6 Å². The number of rotatable bonds is 6. The minimum atomic E-state index is -0.976. The molecule has 0 aliphatic carbocycles. The Labute approximate surface area is 192 Å². The number of benzene rings is 1. The summed E-state index contributed by atoms with van der Waals surface area (Å²) < 4.78 is 10.2. The number of nitro benzene ring substituents is 1. The molecule has 1 amide bonds. The minimum Gasteiger partial charge on any atom is -0.466 e. The molecule has 0 fully saturated rings. The van der Waals surface area contributed by atoms with Gasteiger partial charge in [-0.2, -0.15) is 0 Å². The molecule has 0 saturated carbocycles. The number of nitro groups is 1. The van der Waals surface area contributed by atoms with E-state index in [0.29, 0.717) is 17.0 Å². The van der Waals surface area contributed by atoms with E-state index in [9.17, 15) is 24.5 Å². The average molecular weight is 459 g/mol. The Morgan fingerprint density at radius 2 is 1.76 bits per heavy atom. The van der Waals surface area contributed by atoms with Crippen molar-refractivity contribution in [2.75, 3.05) is 7.11 Å². The molecule has 0 radical (unpaired) electrons. The fourth-order valence-electron chi connectivity index (χ4n) is 3.55. The highest BCUT2D eigenvalue weighted by Gasteiger charge is 2.38. The Morgan fingerprint density at radius 3 is 2.30 bits per heavy atom. The van der Waals surface area contributed by atoms with Crippen LogP contribution in [0.4, 0.5) is 5.69 Å². The number of dihydropyridines is 1. The topological polar surface area (TPSA) is 137 Å². The van der Waals surface area contributed by atoms with Gasteiger partial charge in [0.25, 0.3) is 11.6 Å². The molecular formula is C23H29N3O7. The predicted octanol–water partition coefficient (Wildman–Crippen LogP) is 2.85. The van der Waals surface area contributed by atoms with Crippen molar-refractivity contribution in [3.63, 3.8) is 0 Å². The number of amides is 1. The molecule has 10 nitrogen and oxygen atoms in total. The fourth-order valence-corrected chi connectivity index (χ4v) is 3.55. The SMILES string of the molecule is COC(=O)C1=C(C)NC(C)=C(C(=O)N[C@@H](C)C(=O)OC(C)(C)C)[C@H]1c1cccc([N+](=O)[O-])c1. The minimum absolute atomic E-state index is 0.136. The summed E-state index contributed by atoms with van der Waals surface area (Å²) in [6, 6.07) is 4.73. The number of esters is 2. The van der Waals surface area contributed by atoms with Gasteiger partial charge in [0.05, 0.1) is 23.5 Å². The first kappa shape index (κ1) is 25.6. The first-order valence-corrected chi connectivity index (χ1v) is 10.3. The smallest absolute Gasteiger partial charge is 0.336 e. The van der Waals surface area contributed by atoms with E-state index in [4.69, 9.17) is 9.47 Å². The molecule has 10 heteroatoms. The van der Waals surface area contributed by atoms with Crippen LogP contribution in [0.1, 0.15) is 53.0 Å². The highest BCUT2D eigenvalue weighted by atomic mass is 16.6. The first-order valence-electron chi connectivity index (χ1n) is 10.3. The molecule has 2 atom stereocenters. The van der Waals surface area contributed by atoms with Crippen LogP contribution < -0.4 is 10.6 Å². The van der Waals surface area contributed by atoms with E-state index in [1.54, 1.807) is 40.7 Å². The molecule has 178 valence electrons.